The maximum atomic E-state index is 12.8. The van der Waals surface area contributed by atoms with Crippen LogP contribution in [-0.2, 0) is 11.2 Å². The van der Waals surface area contributed by atoms with E-state index >= 15 is 0 Å². The fourth-order valence-corrected chi connectivity index (χ4v) is 3.39. The number of aliphatic hydroxyl groups is 1. The van der Waals surface area contributed by atoms with Crippen LogP contribution in [-0.4, -0.2) is 27.5 Å². The number of thioether (sulfide) groups is 1. The number of carbonyl (C=O) groups is 1. The highest BCUT2D eigenvalue weighted by Gasteiger charge is 2.36. The summed E-state index contributed by atoms with van der Waals surface area (Å²) in [6.07, 6.45) is 0.0637. The Morgan fingerprint density at radius 1 is 1.30 bits per heavy atom. The highest BCUT2D eigenvalue weighted by molar-refractivity contribution is 7.99. The van der Waals surface area contributed by atoms with E-state index in [9.17, 15) is 19.4 Å². The number of benzene rings is 1. The summed E-state index contributed by atoms with van der Waals surface area (Å²) in [5, 5.41) is 21.4. The van der Waals surface area contributed by atoms with Gasteiger partial charge in [0, 0.05) is 21.9 Å². The fourth-order valence-electron chi connectivity index (χ4n) is 1.62. The van der Waals surface area contributed by atoms with Crippen LogP contribution in [0, 0.1) is 5.82 Å². The van der Waals surface area contributed by atoms with Gasteiger partial charge in [0.25, 0.3) is 0 Å². The van der Waals surface area contributed by atoms with E-state index in [0.717, 1.165) is 9.77 Å². The smallest absolute Gasteiger partial charge is 0.336 e. The molecule has 20 heavy (non-hydrogen) atoms. The minimum absolute atomic E-state index is 0.00582. The van der Waals surface area contributed by atoms with Crippen molar-refractivity contribution in [2.24, 2.45) is 0 Å². The molecule has 0 saturated carbocycles. The Hall–Kier alpha value is -1.37. The highest BCUT2D eigenvalue weighted by atomic mass is 32.2. The quantitative estimate of drug-likeness (QED) is 0.805. The summed E-state index contributed by atoms with van der Waals surface area (Å²) >= 11 is 2.60. The van der Waals surface area contributed by atoms with E-state index < -0.39 is 11.6 Å². The molecule has 0 bridgehead atoms. The van der Waals surface area contributed by atoms with Crippen LogP contribution in [0.4, 0.5) is 4.39 Å². The molecule has 0 radical (unpaired) electrons. The van der Waals surface area contributed by atoms with Crippen LogP contribution in [0.5, 0.6) is 0 Å². The van der Waals surface area contributed by atoms with Gasteiger partial charge in [-0.25, -0.2) is 9.18 Å². The van der Waals surface area contributed by atoms with Crippen LogP contribution in [0.1, 0.15) is 4.88 Å². The van der Waals surface area contributed by atoms with Crippen molar-refractivity contribution in [3.8, 4) is 0 Å². The molecule has 0 spiro atoms. The Kier molecular flexibility index (Phi) is 4.80. The Labute approximate surface area is 124 Å². The molecule has 106 valence electrons. The van der Waals surface area contributed by atoms with Gasteiger partial charge >= 0.3 is 5.97 Å². The number of rotatable bonds is 6. The van der Waals surface area contributed by atoms with Gasteiger partial charge in [0.1, 0.15) is 5.82 Å². The Morgan fingerprint density at radius 2 is 2.00 bits per heavy atom. The molecule has 0 aliphatic heterocycles. The van der Waals surface area contributed by atoms with Gasteiger partial charge in [0.05, 0.1) is 0 Å². The van der Waals surface area contributed by atoms with Gasteiger partial charge in [0.15, 0.2) is 5.60 Å². The third kappa shape index (κ3) is 3.82. The zero-order valence-corrected chi connectivity index (χ0v) is 12.1. The first-order chi connectivity index (χ1) is 9.49. The number of carboxylic acid groups (broad SMARTS) is 1. The van der Waals surface area contributed by atoms with Crippen LogP contribution in [0.15, 0.2) is 46.7 Å². The molecule has 0 aliphatic carbocycles. The van der Waals surface area contributed by atoms with E-state index in [0.29, 0.717) is 0 Å². The molecule has 6 heteroatoms. The van der Waals surface area contributed by atoms with Gasteiger partial charge in [-0.05, 0) is 35.7 Å². The highest BCUT2D eigenvalue weighted by Crippen LogP contribution is 2.27. The first kappa shape index (κ1) is 15.0. The number of hydrogen-bond acceptors (Lipinski definition) is 4. The van der Waals surface area contributed by atoms with Crippen molar-refractivity contribution in [2.75, 3.05) is 5.75 Å². The maximum absolute atomic E-state index is 12.8. The summed E-state index contributed by atoms with van der Waals surface area (Å²) < 4.78 is 12.8. The van der Waals surface area contributed by atoms with Crippen LogP contribution < -0.4 is 0 Å². The Morgan fingerprint density at radius 3 is 2.55 bits per heavy atom. The second-order valence-corrected chi connectivity index (χ2v) is 6.42. The summed E-state index contributed by atoms with van der Waals surface area (Å²) in [4.78, 5) is 12.8. The zero-order valence-electron chi connectivity index (χ0n) is 10.5. The summed E-state index contributed by atoms with van der Waals surface area (Å²) in [6.45, 7) is 0. The molecule has 3 nitrogen and oxygen atoms in total. The van der Waals surface area contributed by atoms with Crippen LogP contribution in [0.3, 0.4) is 0 Å². The van der Waals surface area contributed by atoms with E-state index in [1.54, 1.807) is 18.2 Å². The normalized spacial score (nSPS) is 13.9. The second kappa shape index (κ2) is 6.39. The van der Waals surface area contributed by atoms with Crippen molar-refractivity contribution >= 4 is 29.1 Å². The fraction of sp³-hybridized carbons (Fsp3) is 0.214. The third-order valence-electron chi connectivity index (χ3n) is 2.74. The predicted molar refractivity (Wildman–Crippen MR) is 77.7 cm³/mol. The van der Waals surface area contributed by atoms with E-state index in [2.05, 4.69) is 0 Å². The lowest BCUT2D eigenvalue weighted by Crippen LogP contribution is -2.43. The van der Waals surface area contributed by atoms with Crippen LogP contribution >= 0.6 is 23.1 Å². The molecule has 2 aromatic rings. The number of carboxylic acids is 1. The molecule has 0 amide bonds. The van der Waals surface area contributed by atoms with Gasteiger partial charge < -0.3 is 10.2 Å². The standard InChI is InChI=1S/C14H13FO3S2/c15-10-3-5-11(6-4-10)20-9-14(18,13(16)17)8-12-2-1-7-19-12/h1-7,18H,8-9H2,(H,16,17)/t14-/m0/s1. The zero-order chi connectivity index (χ0) is 14.6. The topological polar surface area (TPSA) is 57.5 Å². The second-order valence-electron chi connectivity index (χ2n) is 4.34. The summed E-state index contributed by atoms with van der Waals surface area (Å²) in [5.74, 6) is -1.59. The molecule has 2 N–H and O–H groups in total. The largest absolute Gasteiger partial charge is 0.479 e. The number of halogens is 1. The van der Waals surface area contributed by atoms with Crippen LogP contribution in [0.25, 0.3) is 0 Å². The third-order valence-corrected chi connectivity index (χ3v) is 4.84. The summed E-state index contributed by atoms with van der Waals surface area (Å²) in [7, 11) is 0. The Balaban J connectivity index is 2.05. The SMILES string of the molecule is O=C(O)[C@@](O)(CSc1ccc(F)cc1)Cc1cccs1. The van der Waals surface area contributed by atoms with Gasteiger partial charge in [0.2, 0.25) is 0 Å². The van der Waals surface area contributed by atoms with Crippen molar-refractivity contribution < 1.29 is 19.4 Å². The summed E-state index contributed by atoms with van der Waals surface area (Å²) in [5.41, 5.74) is -1.83. The van der Waals surface area contributed by atoms with Gasteiger partial charge in [-0.1, -0.05) is 6.07 Å². The molecular weight excluding hydrogens is 299 g/mol. The average Bonchev–Trinajstić information content (AvgIpc) is 2.90. The van der Waals surface area contributed by atoms with Crippen molar-refractivity contribution in [3.05, 3.63) is 52.5 Å². The van der Waals surface area contributed by atoms with E-state index in [1.165, 1.54) is 35.2 Å². The number of hydrogen-bond donors (Lipinski definition) is 2. The molecule has 1 atom stereocenters. The molecule has 1 heterocycles. The number of thiophene rings is 1. The molecule has 2 rings (SSSR count). The lowest BCUT2D eigenvalue weighted by molar-refractivity contribution is -0.155. The summed E-state index contributed by atoms with van der Waals surface area (Å²) in [6, 6.07) is 9.35. The molecule has 0 saturated heterocycles. The number of aliphatic carboxylic acids is 1. The molecular formula is C14H13FO3S2. The van der Waals surface area contributed by atoms with E-state index in [4.69, 9.17) is 0 Å². The van der Waals surface area contributed by atoms with Gasteiger partial charge in [-0.2, -0.15) is 0 Å². The molecule has 1 aromatic carbocycles. The predicted octanol–water partition coefficient (Wildman–Crippen LogP) is 3.04. The van der Waals surface area contributed by atoms with Crippen molar-refractivity contribution in [1.82, 2.24) is 0 Å². The maximum Gasteiger partial charge on any atom is 0.336 e. The Bertz CT molecular complexity index is 569. The monoisotopic (exact) mass is 312 g/mol. The van der Waals surface area contributed by atoms with E-state index in [1.807, 2.05) is 11.4 Å². The average molecular weight is 312 g/mol. The van der Waals surface area contributed by atoms with Crippen molar-refractivity contribution in [3.63, 3.8) is 0 Å². The van der Waals surface area contributed by atoms with E-state index in [-0.39, 0.29) is 18.0 Å². The van der Waals surface area contributed by atoms with Gasteiger partial charge in [-0.3, -0.25) is 0 Å². The first-order valence-electron chi connectivity index (χ1n) is 5.86. The molecule has 0 fully saturated rings. The van der Waals surface area contributed by atoms with Crippen molar-refractivity contribution in [1.29, 1.82) is 0 Å². The molecule has 0 unspecified atom stereocenters. The lowest BCUT2D eigenvalue weighted by Gasteiger charge is -2.22. The molecule has 0 aliphatic rings. The van der Waals surface area contributed by atoms with Crippen LogP contribution in [0.2, 0.25) is 0 Å². The first-order valence-corrected chi connectivity index (χ1v) is 7.73. The lowest BCUT2D eigenvalue weighted by atomic mass is 10.0. The minimum atomic E-state index is -1.83. The van der Waals surface area contributed by atoms with Crippen molar-refractivity contribution in [2.45, 2.75) is 16.9 Å². The van der Waals surface area contributed by atoms with Gasteiger partial charge in [-0.15, -0.1) is 23.1 Å². The molecule has 1 aromatic heterocycles. The minimum Gasteiger partial charge on any atom is -0.479 e.